The summed E-state index contributed by atoms with van der Waals surface area (Å²) in [6, 6.07) is 0. The van der Waals surface area contributed by atoms with Gasteiger partial charge in [-0.15, -0.1) is 5.73 Å². The number of hydrogen-bond acceptors (Lipinski definition) is 1. The van der Waals surface area contributed by atoms with Crippen LogP contribution in [0.1, 0.15) is 32.1 Å². The van der Waals surface area contributed by atoms with Gasteiger partial charge in [0.05, 0.1) is 0 Å². The van der Waals surface area contributed by atoms with Gasteiger partial charge in [0, 0.05) is 5.57 Å². The van der Waals surface area contributed by atoms with Gasteiger partial charge in [0.25, 0.3) is 0 Å². The summed E-state index contributed by atoms with van der Waals surface area (Å²) in [6.07, 6.45) is 7.03. The lowest BCUT2D eigenvalue weighted by Gasteiger charge is -2.19. The van der Waals surface area contributed by atoms with Crippen molar-refractivity contribution in [1.29, 1.82) is 0 Å². The second kappa shape index (κ2) is 4.15. The Hall–Kier alpha value is -0.810. The molecule has 0 heterocycles. The number of rotatable bonds is 2. The van der Waals surface area contributed by atoms with Gasteiger partial charge in [0.15, 0.2) is 6.29 Å². The molecule has 0 spiro atoms. The predicted octanol–water partition coefficient (Wildman–Crippen LogP) is 2.48. The van der Waals surface area contributed by atoms with Crippen molar-refractivity contribution in [2.24, 2.45) is 5.92 Å². The Balaban J connectivity index is 2.57. The van der Waals surface area contributed by atoms with E-state index in [4.69, 9.17) is 0 Å². The van der Waals surface area contributed by atoms with E-state index in [-0.39, 0.29) is 0 Å². The van der Waals surface area contributed by atoms with Crippen molar-refractivity contribution in [3.63, 3.8) is 0 Å². The van der Waals surface area contributed by atoms with Crippen LogP contribution in [0.25, 0.3) is 0 Å². The Morgan fingerprint density at radius 3 is 2.45 bits per heavy atom. The SMILES string of the molecule is C=C=C(C=O)C1CCCCC1. The molecule has 60 valence electrons. The minimum Gasteiger partial charge on any atom is -0.298 e. The fourth-order valence-corrected chi connectivity index (χ4v) is 1.70. The normalized spacial score (nSPS) is 18.9. The maximum Gasteiger partial charge on any atom is 0.153 e. The van der Waals surface area contributed by atoms with Crippen LogP contribution < -0.4 is 0 Å². The Morgan fingerprint density at radius 1 is 1.36 bits per heavy atom. The lowest BCUT2D eigenvalue weighted by Crippen LogP contribution is -2.09. The highest BCUT2D eigenvalue weighted by atomic mass is 16.1. The number of carbonyl (C=O) groups is 1. The lowest BCUT2D eigenvalue weighted by molar-refractivity contribution is -0.105. The Labute approximate surface area is 67.8 Å². The first-order valence-corrected chi connectivity index (χ1v) is 4.23. The van der Waals surface area contributed by atoms with Crippen LogP contribution in [0.15, 0.2) is 17.9 Å². The zero-order chi connectivity index (χ0) is 8.10. The van der Waals surface area contributed by atoms with Crippen molar-refractivity contribution in [3.05, 3.63) is 17.9 Å². The molecule has 0 aromatic heterocycles. The van der Waals surface area contributed by atoms with E-state index >= 15 is 0 Å². The highest BCUT2D eigenvalue weighted by molar-refractivity contribution is 5.73. The monoisotopic (exact) mass is 150 g/mol. The molecule has 1 aliphatic carbocycles. The maximum atomic E-state index is 10.5. The predicted molar refractivity (Wildman–Crippen MR) is 45.3 cm³/mol. The molecule has 1 rings (SSSR count). The Kier molecular flexibility index (Phi) is 3.13. The Morgan fingerprint density at radius 2 is 2.00 bits per heavy atom. The van der Waals surface area contributed by atoms with Gasteiger partial charge in [-0.25, -0.2) is 0 Å². The molecule has 0 bridgehead atoms. The zero-order valence-corrected chi connectivity index (χ0v) is 6.81. The van der Waals surface area contributed by atoms with Crippen LogP contribution in [0.3, 0.4) is 0 Å². The van der Waals surface area contributed by atoms with Crippen molar-refractivity contribution in [2.75, 3.05) is 0 Å². The molecule has 0 amide bonds. The molecular weight excluding hydrogens is 136 g/mol. The second-order valence-electron chi connectivity index (χ2n) is 3.08. The van der Waals surface area contributed by atoms with Crippen LogP contribution in [-0.4, -0.2) is 6.29 Å². The summed E-state index contributed by atoms with van der Waals surface area (Å²) in [7, 11) is 0. The highest BCUT2D eigenvalue weighted by Gasteiger charge is 2.16. The van der Waals surface area contributed by atoms with E-state index in [1.807, 2.05) is 0 Å². The van der Waals surface area contributed by atoms with Crippen LogP contribution >= 0.6 is 0 Å². The van der Waals surface area contributed by atoms with Crippen LogP contribution in [0.5, 0.6) is 0 Å². The van der Waals surface area contributed by atoms with E-state index in [1.54, 1.807) is 0 Å². The van der Waals surface area contributed by atoms with Crippen LogP contribution in [0.2, 0.25) is 0 Å². The van der Waals surface area contributed by atoms with Gasteiger partial charge in [0.1, 0.15) is 0 Å². The van der Waals surface area contributed by atoms with Gasteiger partial charge in [0.2, 0.25) is 0 Å². The molecule has 1 heteroatoms. The largest absolute Gasteiger partial charge is 0.298 e. The standard InChI is InChI=1S/C10H14O/c1-2-9(8-11)10-6-4-3-5-7-10/h8,10H,1,3-7H2. The number of hydrogen-bond donors (Lipinski definition) is 0. The van der Waals surface area contributed by atoms with Crippen LogP contribution in [-0.2, 0) is 4.79 Å². The third kappa shape index (κ3) is 2.06. The second-order valence-corrected chi connectivity index (χ2v) is 3.08. The molecule has 0 aromatic carbocycles. The van der Waals surface area contributed by atoms with E-state index in [0.29, 0.717) is 5.92 Å². The Bertz CT molecular complexity index is 181. The first kappa shape index (κ1) is 8.29. The van der Waals surface area contributed by atoms with Crippen LogP contribution in [0, 0.1) is 5.92 Å². The van der Waals surface area contributed by atoms with Gasteiger partial charge >= 0.3 is 0 Å². The summed E-state index contributed by atoms with van der Waals surface area (Å²) in [5.41, 5.74) is 3.50. The average molecular weight is 150 g/mol. The highest BCUT2D eigenvalue weighted by Crippen LogP contribution is 2.27. The molecule has 0 saturated heterocycles. The third-order valence-corrected chi connectivity index (χ3v) is 2.38. The summed E-state index contributed by atoms with van der Waals surface area (Å²) < 4.78 is 0. The van der Waals surface area contributed by atoms with Gasteiger partial charge in [-0.05, 0) is 18.8 Å². The first-order valence-electron chi connectivity index (χ1n) is 4.23. The molecule has 0 aliphatic heterocycles. The molecule has 11 heavy (non-hydrogen) atoms. The minimum absolute atomic E-state index is 0.457. The third-order valence-electron chi connectivity index (χ3n) is 2.38. The zero-order valence-electron chi connectivity index (χ0n) is 6.81. The van der Waals surface area contributed by atoms with Crippen molar-refractivity contribution in [1.82, 2.24) is 0 Å². The molecule has 1 fully saturated rings. The summed E-state index contributed by atoms with van der Waals surface area (Å²) in [4.78, 5) is 10.5. The van der Waals surface area contributed by atoms with Gasteiger partial charge in [-0.1, -0.05) is 25.8 Å². The van der Waals surface area contributed by atoms with Crippen molar-refractivity contribution in [3.8, 4) is 0 Å². The molecule has 1 aliphatic rings. The quantitative estimate of drug-likeness (QED) is 0.336. The first-order chi connectivity index (χ1) is 5.38. The molecule has 0 atom stereocenters. The van der Waals surface area contributed by atoms with E-state index < -0.39 is 0 Å². The maximum absolute atomic E-state index is 10.5. The lowest BCUT2D eigenvalue weighted by atomic mass is 9.85. The van der Waals surface area contributed by atoms with E-state index in [1.165, 1.54) is 19.3 Å². The topological polar surface area (TPSA) is 17.1 Å². The number of allylic oxidation sites excluding steroid dienone is 1. The van der Waals surface area contributed by atoms with E-state index in [9.17, 15) is 4.79 Å². The van der Waals surface area contributed by atoms with Gasteiger partial charge in [-0.3, -0.25) is 4.79 Å². The smallest absolute Gasteiger partial charge is 0.153 e. The van der Waals surface area contributed by atoms with Gasteiger partial charge < -0.3 is 0 Å². The molecule has 1 saturated carbocycles. The fraction of sp³-hybridized carbons (Fsp3) is 0.600. The van der Waals surface area contributed by atoms with Crippen molar-refractivity contribution in [2.45, 2.75) is 32.1 Å². The minimum atomic E-state index is 0.457. The summed E-state index contributed by atoms with van der Waals surface area (Å²) in [6.45, 7) is 3.51. The average Bonchev–Trinajstić information content (AvgIpc) is 2.09. The number of aldehydes is 1. The van der Waals surface area contributed by atoms with Crippen molar-refractivity contribution >= 4 is 6.29 Å². The molecule has 0 aromatic rings. The van der Waals surface area contributed by atoms with Gasteiger partial charge in [-0.2, -0.15) is 0 Å². The molecule has 0 N–H and O–H groups in total. The summed E-state index contributed by atoms with van der Waals surface area (Å²) in [5.74, 6) is 0.457. The van der Waals surface area contributed by atoms with E-state index in [2.05, 4.69) is 12.3 Å². The molecular formula is C10H14O. The van der Waals surface area contributed by atoms with Crippen LogP contribution in [0.4, 0.5) is 0 Å². The molecule has 1 nitrogen and oxygen atoms in total. The van der Waals surface area contributed by atoms with Crippen molar-refractivity contribution < 1.29 is 4.79 Å². The molecule has 0 unspecified atom stereocenters. The number of carbonyl (C=O) groups excluding carboxylic acids is 1. The van der Waals surface area contributed by atoms with E-state index in [0.717, 1.165) is 24.7 Å². The fourth-order valence-electron chi connectivity index (χ4n) is 1.70. The summed E-state index contributed by atoms with van der Waals surface area (Å²) >= 11 is 0. The summed E-state index contributed by atoms with van der Waals surface area (Å²) in [5, 5.41) is 0. The molecule has 0 radical (unpaired) electrons.